The van der Waals surface area contributed by atoms with Crippen LogP contribution in [0.5, 0.6) is 0 Å². The lowest BCUT2D eigenvalue weighted by Crippen LogP contribution is -2.36. The Morgan fingerprint density at radius 1 is 1.12 bits per heavy atom. The standard InChI is InChI=1S/C23H18ClF3N4O2/c24-17-4-1-12(9-16(17)23(25,26)27)18-11-15(22(28)32)21-20(29-18)14-3-2-13(10-19(14)30-21)31-5-7-33-8-6-31/h1-4,9-11,30H,5-8H2,(H2,28,32). The van der Waals surface area contributed by atoms with Crippen molar-refractivity contribution in [3.05, 3.63) is 58.6 Å². The molecule has 0 atom stereocenters. The van der Waals surface area contributed by atoms with Gasteiger partial charge in [0.25, 0.3) is 5.91 Å². The molecule has 33 heavy (non-hydrogen) atoms. The highest BCUT2D eigenvalue weighted by Gasteiger charge is 2.33. The molecule has 5 rings (SSSR count). The van der Waals surface area contributed by atoms with Gasteiger partial charge in [0.05, 0.1) is 51.6 Å². The molecule has 170 valence electrons. The molecule has 2 aromatic heterocycles. The van der Waals surface area contributed by atoms with Gasteiger partial charge >= 0.3 is 6.18 Å². The van der Waals surface area contributed by atoms with Gasteiger partial charge in [0, 0.05) is 29.7 Å². The second-order valence-electron chi connectivity index (χ2n) is 7.79. The van der Waals surface area contributed by atoms with Crippen LogP contribution in [0.25, 0.3) is 33.2 Å². The molecule has 1 aliphatic rings. The van der Waals surface area contributed by atoms with E-state index in [1.165, 1.54) is 18.2 Å². The maximum atomic E-state index is 13.4. The number of anilines is 1. The highest BCUT2D eigenvalue weighted by molar-refractivity contribution is 6.31. The van der Waals surface area contributed by atoms with Gasteiger partial charge in [-0.1, -0.05) is 17.7 Å². The second kappa shape index (κ2) is 7.93. The van der Waals surface area contributed by atoms with Crippen LogP contribution in [0.15, 0.2) is 42.5 Å². The van der Waals surface area contributed by atoms with Gasteiger partial charge in [-0.3, -0.25) is 4.79 Å². The Bertz CT molecular complexity index is 1390. The number of fused-ring (bicyclic) bond motifs is 3. The number of alkyl halides is 3. The van der Waals surface area contributed by atoms with Gasteiger partial charge < -0.3 is 20.4 Å². The number of benzene rings is 2. The summed E-state index contributed by atoms with van der Waals surface area (Å²) >= 11 is 5.75. The van der Waals surface area contributed by atoms with Crippen LogP contribution in [0.1, 0.15) is 15.9 Å². The summed E-state index contributed by atoms with van der Waals surface area (Å²) < 4.78 is 45.5. The molecule has 6 nitrogen and oxygen atoms in total. The zero-order valence-electron chi connectivity index (χ0n) is 17.2. The quantitative estimate of drug-likeness (QED) is 0.438. The van der Waals surface area contributed by atoms with E-state index in [4.69, 9.17) is 22.1 Å². The number of primary amides is 1. The first-order valence-electron chi connectivity index (χ1n) is 10.2. The summed E-state index contributed by atoms with van der Waals surface area (Å²) in [5, 5.41) is 0.321. The molecule has 1 aliphatic heterocycles. The molecule has 4 aromatic rings. The van der Waals surface area contributed by atoms with Gasteiger partial charge in [-0.05, 0) is 36.4 Å². The number of nitrogens with zero attached hydrogens (tertiary/aromatic N) is 2. The molecule has 1 fully saturated rings. The van der Waals surface area contributed by atoms with Crippen LogP contribution in [0.2, 0.25) is 5.02 Å². The molecule has 3 heterocycles. The van der Waals surface area contributed by atoms with E-state index in [0.717, 1.165) is 35.7 Å². The SMILES string of the molecule is NC(=O)c1cc(-c2ccc(Cl)c(C(F)(F)F)c2)nc2c1[nH]c1cc(N3CCOCC3)ccc12. The molecule has 0 aliphatic carbocycles. The minimum atomic E-state index is -4.62. The number of amides is 1. The molecule has 0 saturated carbocycles. The zero-order chi connectivity index (χ0) is 23.3. The van der Waals surface area contributed by atoms with Crippen molar-refractivity contribution in [2.24, 2.45) is 5.73 Å². The van der Waals surface area contributed by atoms with Crippen molar-refractivity contribution in [1.29, 1.82) is 0 Å². The van der Waals surface area contributed by atoms with Crippen molar-refractivity contribution >= 4 is 45.1 Å². The van der Waals surface area contributed by atoms with Crippen LogP contribution in [-0.2, 0) is 10.9 Å². The summed E-state index contributed by atoms with van der Waals surface area (Å²) in [6.07, 6.45) is -4.62. The number of nitrogens with one attached hydrogen (secondary N) is 1. The molecule has 0 unspecified atom stereocenters. The summed E-state index contributed by atoms with van der Waals surface area (Å²) in [7, 11) is 0. The number of carbonyl (C=O) groups is 1. The van der Waals surface area contributed by atoms with Crippen LogP contribution in [0, 0.1) is 0 Å². The Kier molecular flexibility index (Phi) is 5.18. The lowest BCUT2D eigenvalue weighted by Gasteiger charge is -2.28. The minimum absolute atomic E-state index is 0.141. The van der Waals surface area contributed by atoms with E-state index >= 15 is 0 Å². The Hall–Kier alpha value is -3.30. The number of morpholine rings is 1. The molecule has 2 aromatic carbocycles. The van der Waals surface area contributed by atoms with Gasteiger partial charge in [-0.2, -0.15) is 13.2 Å². The smallest absolute Gasteiger partial charge is 0.378 e. The van der Waals surface area contributed by atoms with Gasteiger partial charge in [-0.15, -0.1) is 0 Å². The highest BCUT2D eigenvalue weighted by atomic mass is 35.5. The number of pyridine rings is 1. The van der Waals surface area contributed by atoms with Crippen molar-refractivity contribution in [2.75, 3.05) is 31.2 Å². The van der Waals surface area contributed by atoms with Crippen LogP contribution >= 0.6 is 11.6 Å². The number of halogens is 4. The Morgan fingerprint density at radius 2 is 1.88 bits per heavy atom. The zero-order valence-corrected chi connectivity index (χ0v) is 17.9. The first-order valence-corrected chi connectivity index (χ1v) is 10.6. The lowest BCUT2D eigenvalue weighted by atomic mass is 10.0. The number of aromatic nitrogens is 2. The molecule has 3 N–H and O–H groups in total. The van der Waals surface area contributed by atoms with Gasteiger partial charge in [0.2, 0.25) is 0 Å². The van der Waals surface area contributed by atoms with E-state index in [1.807, 2.05) is 18.2 Å². The summed E-state index contributed by atoms with van der Waals surface area (Å²) in [5.41, 5.74) is 7.77. The van der Waals surface area contributed by atoms with E-state index in [2.05, 4.69) is 14.9 Å². The molecule has 1 amide bonds. The third-order valence-corrected chi connectivity index (χ3v) is 6.08. The van der Waals surface area contributed by atoms with Crippen LogP contribution in [0.4, 0.5) is 18.9 Å². The maximum absolute atomic E-state index is 13.4. The van der Waals surface area contributed by atoms with Crippen LogP contribution in [0.3, 0.4) is 0 Å². The fourth-order valence-corrected chi connectivity index (χ4v) is 4.33. The topological polar surface area (TPSA) is 84.2 Å². The van der Waals surface area contributed by atoms with Crippen molar-refractivity contribution in [2.45, 2.75) is 6.18 Å². The summed E-state index contributed by atoms with van der Waals surface area (Å²) in [5.74, 6) is -0.714. The number of hydrogen-bond donors (Lipinski definition) is 2. The van der Waals surface area contributed by atoms with E-state index in [1.54, 1.807) is 0 Å². The van der Waals surface area contributed by atoms with Gasteiger partial charge in [0.1, 0.15) is 0 Å². The number of rotatable bonds is 3. The van der Waals surface area contributed by atoms with Gasteiger partial charge in [-0.25, -0.2) is 4.98 Å². The molecule has 0 bridgehead atoms. The van der Waals surface area contributed by atoms with E-state index < -0.39 is 22.7 Å². The van der Waals surface area contributed by atoms with Crippen molar-refractivity contribution in [1.82, 2.24) is 9.97 Å². The number of nitrogens with two attached hydrogens (primary N) is 1. The Labute approximate surface area is 191 Å². The number of H-pyrrole nitrogens is 1. The molecule has 10 heteroatoms. The number of carbonyl (C=O) groups excluding carboxylic acids is 1. The lowest BCUT2D eigenvalue weighted by molar-refractivity contribution is -0.137. The third-order valence-electron chi connectivity index (χ3n) is 5.75. The summed E-state index contributed by atoms with van der Waals surface area (Å²) in [4.78, 5) is 22.2. The largest absolute Gasteiger partial charge is 0.417 e. The van der Waals surface area contributed by atoms with Crippen LogP contribution in [-0.4, -0.2) is 42.2 Å². The molecule has 0 spiro atoms. The fourth-order valence-electron chi connectivity index (χ4n) is 4.11. The Balaban J connectivity index is 1.69. The van der Waals surface area contributed by atoms with Crippen LogP contribution < -0.4 is 10.6 Å². The minimum Gasteiger partial charge on any atom is -0.378 e. The average molecular weight is 475 g/mol. The molecular weight excluding hydrogens is 457 g/mol. The molecule has 1 saturated heterocycles. The average Bonchev–Trinajstić information content (AvgIpc) is 3.16. The highest BCUT2D eigenvalue weighted by Crippen LogP contribution is 2.38. The van der Waals surface area contributed by atoms with Crippen molar-refractivity contribution < 1.29 is 22.7 Å². The molecule has 0 radical (unpaired) electrons. The van der Waals surface area contributed by atoms with E-state index in [0.29, 0.717) is 24.2 Å². The van der Waals surface area contributed by atoms with Crippen molar-refractivity contribution in [3.8, 4) is 11.3 Å². The monoisotopic (exact) mass is 474 g/mol. The van der Waals surface area contributed by atoms with E-state index in [-0.39, 0.29) is 16.8 Å². The van der Waals surface area contributed by atoms with Gasteiger partial charge in [0.15, 0.2) is 0 Å². The predicted molar refractivity (Wildman–Crippen MR) is 121 cm³/mol. The summed E-state index contributed by atoms with van der Waals surface area (Å²) in [6.45, 7) is 2.81. The molecular formula is C23H18ClF3N4O2. The Morgan fingerprint density at radius 3 is 2.58 bits per heavy atom. The van der Waals surface area contributed by atoms with Crippen molar-refractivity contribution in [3.63, 3.8) is 0 Å². The number of ether oxygens (including phenoxy) is 1. The number of aromatic amines is 1. The second-order valence-corrected chi connectivity index (χ2v) is 8.20. The normalized spacial score (nSPS) is 14.8. The predicted octanol–water partition coefficient (Wildman–Crippen LogP) is 4.99. The first kappa shape index (κ1) is 21.5. The number of hydrogen-bond acceptors (Lipinski definition) is 4. The maximum Gasteiger partial charge on any atom is 0.417 e. The fraction of sp³-hybridized carbons (Fsp3) is 0.217. The third kappa shape index (κ3) is 3.87. The summed E-state index contributed by atoms with van der Waals surface area (Å²) in [6, 6.07) is 10.7. The van der Waals surface area contributed by atoms with E-state index in [9.17, 15) is 18.0 Å². The first-order chi connectivity index (χ1) is 15.7.